The number of pyridine rings is 1. The SMILES string of the molecule is CCCCOc1c(C)nc(NS(=O)(=O)c2ccc([N+](=O)[O-])cc2)c(C)c1C. The molecule has 2 aromatic rings. The number of nitrogens with zero attached hydrogens (tertiary/aromatic N) is 2. The molecular weight excluding hydrogens is 370 g/mol. The number of nitro groups is 1. The topological polar surface area (TPSA) is 111 Å². The van der Waals surface area contributed by atoms with Gasteiger partial charge in [-0.1, -0.05) is 13.3 Å². The molecule has 9 heteroatoms. The second kappa shape index (κ2) is 8.34. The molecule has 0 fully saturated rings. The van der Waals surface area contributed by atoms with E-state index in [0.717, 1.165) is 30.5 Å². The van der Waals surface area contributed by atoms with Gasteiger partial charge in [-0.3, -0.25) is 14.8 Å². The summed E-state index contributed by atoms with van der Waals surface area (Å²) in [6, 6.07) is 4.68. The summed E-state index contributed by atoms with van der Waals surface area (Å²) in [6.45, 7) is 8.03. The lowest BCUT2D eigenvalue weighted by molar-refractivity contribution is -0.384. The van der Waals surface area contributed by atoms with Crippen LogP contribution in [0, 0.1) is 30.9 Å². The number of non-ortho nitro benzene ring substituents is 1. The maximum atomic E-state index is 12.6. The normalized spacial score (nSPS) is 11.3. The standard InChI is InChI=1S/C18H23N3O5S/c1-5-6-11-26-17-12(2)13(3)18(19-14(17)4)20-27(24,25)16-9-7-15(8-10-16)21(22)23/h7-10H,5-6,11H2,1-4H3,(H,19,20). The summed E-state index contributed by atoms with van der Waals surface area (Å²) in [6.07, 6.45) is 1.93. The molecule has 0 aliphatic rings. The first kappa shape index (κ1) is 20.6. The third kappa shape index (κ3) is 4.73. The average Bonchev–Trinajstić information content (AvgIpc) is 2.62. The van der Waals surface area contributed by atoms with Crippen molar-refractivity contribution in [3.8, 4) is 5.75 Å². The largest absolute Gasteiger partial charge is 0.491 e. The predicted octanol–water partition coefficient (Wildman–Crippen LogP) is 3.89. The van der Waals surface area contributed by atoms with Gasteiger partial charge in [0.15, 0.2) is 0 Å². The number of nitrogens with one attached hydrogen (secondary N) is 1. The Labute approximate surface area is 158 Å². The Morgan fingerprint density at radius 2 is 1.78 bits per heavy atom. The number of hydrogen-bond acceptors (Lipinski definition) is 6. The fraction of sp³-hybridized carbons (Fsp3) is 0.389. The first-order valence-electron chi connectivity index (χ1n) is 8.55. The molecule has 1 heterocycles. The number of hydrogen-bond donors (Lipinski definition) is 1. The Kier molecular flexibility index (Phi) is 6.37. The molecule has 0 aliphatic carbocycles. The highest BCUT2D eigenvalue weighted by molar-refractivity contribution is 7.92. The Balaban J connectivity index is 2.31. The van der Waals surface area contributed by atoms with Gasteiger partial charge >= 0.3 is 0 Å². The number of aryl methyl sites for hydroxylation is 1. The Bertz CT molecular complexity index is 940. The molecule has 1 aromatic heterocycles. The van der Waals surface area contributed by atoms with Crippen LogP contribution >= 0.6 is 0 Å². The zero-order valence-electron chi connectivity index (χ0n) is 15.8. The van der Waals surface area contributed by atoms with Crippen molar-refractivity contribution in [3.05, 3.63) is 51.2 Å². The lowest BCUT2D eigenvalue weighted by Gasteiger charge is -2.17. The number of rotatable bonds is 8. The summed E-state index contributed by atoms with van der Waals surface area (Å²) in [5.41, 5.74) is 1.90. The van der Waals surface area contributed by atoms with Crippen LogP contribution in [-0.2, 0) is 10.0 Å². The van der Waals surface area contributed by atoms with Gasteiger partial charge in [0, 0.05) is 12.1 Å². The van der Waals surface area contributed by atoms with Gasteiger partial charge in [-0.25, -0.2) is 13.4 Å². The minimum atomic E-state index is -3.92. The number of anilines is 1. The second-order valence-corrected chi connectivity index (χ2v) is 7.87. The first-order chi connectivity index (χ1) is 12.7. The smallest absolute Gasteiger partial charge is 0.269 e. The highest BCUT2D eigenvalue weighted by atomic mass is 32.2. The zero-order chi connectivity index (χ0) is 20.2. The number of benzene rings is 1. The number of unbranched alkanes of at least 4 members (excludes halogenated alkanes) is 1. The van der Waals surface area contributed by atoms with E-state index in [9.17, 15) is 18.5 Å². The summed E-state index contributed by atoms with van der Waals surface area (Å²) in [4.78, 5) is 14.4. The zero-order valence-corrected chi connectivity index (χ0v) is 16.6. The minimum absolute atomic E-state index is 0.0760. The summed E-state index contributed by atoms with van der Waals surface area (Å²) in [5.74, 6) is 0.880. The fourth-order valence-electron chi connectivity index (χ4n) is 2.49. The number of aromatic nitrogens is 1. The Hall–Kier alpha value is -2.68. The van der Waals surface area contributed by atoms with Crippen molar-refractivity contribution in [3.63, 3.8) is 0 Å². The van der Waals surface area contributed by atoms with Crippen LogP contribution in [0.5, 0.6) is 5.75 Å². The van der Waals surface area contributed by atoms with Crippen molar-refractivity contribution in [2.45, 2.75) is 45.4 Å². The van der Waals surface area contributed by atoms with E-state index in [2.05, 4.69) is 16.6 Å². The fourth-order valence-corrected chi connectivity index (χ4v) is 3.55. The third-order valence-electron chi connectivity index (χ3n) is 4.20. The van der Waals surface area contributed by atoms with Crippen LogP contribution in [0.4, 0.5) is 11.5 Å². The van der Waals surface area contributed by atoms with Crippen LogP contribution in [0.3, 0.4) is 0 Å². The van der Waals surface area contributed by atoms with Crippen molar-refractivity contribution in [1.29, 1.82) is 0 Å². The van der Waals surface area contributed by atoms with Gasteiger partial charge in [-0.15, -0.1) is 0 Å². The van der Waals surface area contributed by atoms with E-state index in [1.165, 1.54) is 12.1 Å². The van der Waals surface area contributed by atoms with Crippen molar-refractivity contribution in [2.75, 3.05) is 11.3 Å². The molecule has 2 rings (SSSR count). The predicted molar refractivity (Wildman–Crippen MR) is 103 cm³/mol. The van der Waals surface area contributed by atoms with Crippen molar-refractivity contribution >= 4 is 21.5 Å². The summed E-state index contributed by atoms with van der Waals surface area (Å²) in [7, 11) is -3.92. The van der Waals surface area contributed by atoms with Crippen LogP contribution in [-0.4, -0.2) is 24.9 Å². The van der Waals surface area contributed by atoms with Gasteiger partial charge in [-0.2, -0.15) is 0 Å². The summed E-state index contributed by atoms with van der Waals surface area (Å²) >= 11 is 0. The van der Waals surface area contributed by atoms with Gasteiger partial charge in [0.25, 0.3) is 15.7 Å². The van der Waals surface area contributed by atoms with Crippen LogP contribution in [0.15, 0.2) is 29.2 Å². The molecule has 0 spiro atoms. The minimum Gasteiger partial charge on any atom is -0.491 e. The van der Waals surface area contributed by atoms with Crippen molar-refractivity contribution in [1.82, 2.24) is 4.98 Å². The van der Waals surface area contributed by atoms with E-state index in [0.29, 0.717) is 23.6 Å². The maximum Gasteiger partial charge on any atom is 0.269 e. The summed E-state index contributed by atoms with van der Waals surface area (Å²) < 4.78 is 33.5. The quantitative estimate of drug-likeness (QED) is 0.414. The number of sulfonamides is 1. The summed E-state index contributed by atoms with van der Waals surface area (Å²) in [5, 5.41) is 10.7. The monoisotopic (exact) mass is 393 g/mol. The van der Waals surface area contributed by atoms with E-state index < -0.39 is 14.9 Å². The lowest BCUT2D eigenvalue weighted by atomic mass is 10.1. The molecule has 27 heavy (non-hydrogen) atoms. The molecule has 1 N–H and O–H groups in total. The number of nitro benzene ring substituents is 1. The lowest BCUT2D eigenvalue weighted by Crippen LogP contribution is -2.16. The Morgan fingerprint density at radius 3 is 2.33 bits per heavy atom. The van der Waals surface area contributed by atoms with Crippen LogP contribution < -0.4 is 9.46 Å². The van der Waals surface area contributed by atoms with E-state index in [-0.39, 0.29) is 16.4 Å². The first-order valence-corrected chi connectivity index (χ1v) is 10.0. The molecule has 0 amide bonds. The van der Waals surface area contributed by atoms with E-state index in [4.69, 9.17) is 4.74 Å². The molecule has 0 saturated heterocycles. The molecule has 0 atom stereocenters. The van der Waals surface area contributed by atoms with Gasteiger partial charge in [-0.05, 0) is 50.5 Å². The van der Waals surface area contributed by atoms with Crippen LogP contribution in [0.2, 0.25) is 0 Å². The third-order valence-corrected chi connectivity index (χ3v) is 5.55. The van der Waals surface area contributed by atoms with Crippen LogP contribution in [0.25, 0.3) is 0 Å². The Morgan fingerprint density at radius 1 is 1.15 bits per heavy atom. The van der Waals surface area contributed by atoms with E-state index in [1.807, 2.05) is 6.92 Å². The molecule has 1 aromatic carbocycles. The van der Waals surface area contributed by atoms with Gasteiger partial charge in [0.2, 0.25) is 0 Å². The molecule has 0 aliphatic heterocycles. The van der Waals surface area contributed by atoms with E-state index in [1.54, 1.807) is 13.8 Å². The molecular formula is C18H23N3O5S. The maximum absolute atomic E-state index is 12.6. The van der Waals surface area contributed by atoms with Gasteiger partial charge in [0.05, 0.1) is 22.1 Å². The highest BCUT2D eigenvalue weighted by Gasteiger charge is 2.20. The van der Waals surface area contributed by atoms with E-state index >= 15 is 0 Å². The molecule has 0 radical (unpaired) electrons. The highest BCUT2D eigenvalue weighted by Crippen LogP contribution is 2.30. The van der Waals surface area contributed by atoms with Crippen molar-refractivity contribution in [2.24, 2.45) is 0 Å². The molecule has 0 saturated carbocycles. The molecule has 0 bridgehead atoms. The molecule has 0 unspecified atom stereocenters. The van der Waals surface area contributed by atoms with Crippen LogP contribution in [0.1, 0.15) is 36.6 Å². The van der Waals surface area contributed by atoms with Gasteiger partial charge < -0.3 is 4.74 Å². The molecule has 8 nitrogen and oxygen atoms in total. The average molecular weight is 393 g/mol. The van der Waals surface area contributed by atoms with Gasteiger partial charge in [0.1, 0.15) is 11.6 Å². The van der Waals surface area contributed by atoms with Crippen molar-refractivity contribution < 1.29 is 18.1 Å². The number of ether oxygens (including phenoxy) is 1. The second-order valence-electron chi connectivity index (χ2n) is 6.18. The molecule has 146 valence electrons.